The van der Waals surface area contributed by atoms with Crippen LogP contribution in [-0.2, 0) is 6.42 Å². The van der Waals surface area contributed by atoms with Crippen LogP contribution in [0.3, 0.4) is 0 Å². The molecule has 2 N–H and O–H groups in total. The zero-order valence-corrected chi connectivity index (χ0v) is 10.8. The third kappa shape index (κ3) is 3.76. The monoisotopic (exact) mass is 250 g/mol. The number of nitrogens with two attached hydrogens (primary N) is 1. The van der Waals surface area contributed by atoms with Crippen LogP contribution in [-0.4, -0.2) is 4.99 Å². The number of nitrogens with zero attached hydrogens (tertiary/aromatic N) is 1. The third-order valence-corrected chi connectivity index (χ3v) is 3.44. The molecule has 1 heterocycles. The van der Waals surface area contributed by atoms with Crippen LogP contribution in [0.15, 0.2) is 17.7 Å². The van der Waals surface area contributed by atoms with Gasteiger partial charge >= 0.3 is 0 Å². The van der Waals surface area contributed by atoms with Crippen LogP contribution in [0.25, 0.3) is 6.08 Å². The largest absolute Gasteiger partial charge is 0.389 e. The summed E-state index contributed by atoms with van der Waals surface area (Å²) in [5, 5.41) is 8.82. The Balaban J connectivity index is 2.78. The zero-order valence-electron chi connectivity index (χ0n) is 9.19. The molecule has 0 aliphatic rings. The summed E-state index contributed by atoms with van der Waals surface area (Å²) in [6.45, 7) is 2.18. The highest BCUT2D eigenvalue weighted by Gasteiger charge is 2.02. The molecule has 0 radical (unpaired) electrons. The van der Waals surface area contributed by atoms with E-state index in [0.717, 1.165) is 11.3 Å². The lowest BCUT2D eigenvalue weighted by Gasteiger charge is -1.93. The first kappa shape index (κ1) is 12.9. The molecule has 0 aliphatic carbocycles. The topological polar surface area (TPSA) is 49.8 Å². The average molecular weight is 250 g/mol. The van der Waals surface area contributed by atoms with Crippen LogP contribution in [0.2, 0.25) is 0 Å². The van der Waals surface area contributed by atoms with Crippen molar-refractivity contribution < 1.29 is 0 Å². The summed E-state index contributed by atoms with van der Waals surface area (Å²) in [7, 11) is 0. The summed E-state index contributed by atoms with van der Waals surface area (Å²) < 4.78 is 0. The minimum absolute atomic E-state index is 0.158. The first-order valence-corrected chi connectivity index (χ1v) is 6.40. The maximum atomic E-state index is 8.82. The molecule has 0 atom stereocenters. The number of hydrogen-bond acceptors (Lipinski definition) is 3. The Labute approximate surface area is 105 Å². The molecule has 84 valence electrons. The first-order chi connectivity index (χ1) is 7.67. The minimum atomic E-state index is 0.158. The lowest BCUT2D eigenvalue weighted by atomic mass is 10.2. The lowest BCUT2D eigenvalue weighted by molar-refractivity contribution is 0.804. The Kier molecular flexibility index (Phi) is 5.17. The van der Waals surface area contributed by atoms with E-state index in [0.29, 0.717) is 5.57 Å². The molecular weight excluding hydrogens is 236 g/mol. The molecule has 4 heteroatoms. The van der Waals surface area contributed by atoms with E-state index in [1.165, 1.54) is 17.7 Å². The van der Waals surface area contributed by atoms with Crippen molar-refractivity contribution in [2.45, 2.75) is 26.2 Å². The number of thiophene rings is 1. The molecule has 0 aromatic carbocycles. The van der Waals surface area contributed by atoms with Gasteiger partial charge in [0.15, 0.2) is 0 Å². The number of aryl methyl sites for hydroxylation is 1. The molecular formula is C12H14N2S2. The van der Waals surface area contributed by atoms with Gasteiger partial charge in [0.2, 0.25) is 0 Å². The van der Waals surface area contributed by atoms with Crippen molar-refractivity contribution in [2.24, 2.45) is 5.73 Å². The van der Waals surface area contributed by atoms with Crippen molar-refractivity contribution in [2.75, 3.05) is 0 Å². The summed E-state index contributed by atoms with van der Waals surface area (Å²) in [6.07, 6.45) is 5.25. The van der Waals surface area contributed by atoms with Gasteiger partial charge in [0.05, 0.1) is 5.57 Å². The highest BCUT2D eigenvalue weighted by molar-refractivity contribution is 7.80. The van der Waals surface area contributed by atoms with E-state index in [4.69, 9.17) is 23.2 Å². The number of unbranched alkanes of at least 4 members (excludes halogenated alkanes) is 1. The predicted molar refractivity (Wildman–Crippen MR) is 73.3 cm³/mol. The van der Waals surface area contributed by atoms with Gasteiger partial charge in [-0.25, -0.2) is 0 Å². The molecule has 0 unspecified atom stereocenters. The Morgan fingerprint density at radius 2 is 2.38 bits per heavy atom. The second-order valence-electron chi connectivity index (χ2n) is 3.44. The summed E-state index contributed by atoms with van der Waals surface area (Å²) in [4.78, 5) is 2.54. The molecule has 0 amide bonds. The van der Waals surface area contributed by atoms with E-state index in [9.17, 15) is 0 Å². The molecule has 0 fully saturated rings. The van der Waals surface area contributed by atoms with Gasteiger partial charge in [-0.15, -0.1) is 11.3 Å². The van der Waals surface area contributed by atoms with Crippen molar-refractivity contribution in [3.63, 3.8) is 0 Å². The van der Waals surface area contributed by atoms with Crippen molar-refractivity contribution in [3.05, 3.63) is 27.5 Å². The smallest absolute Gasteiger partial charge is 0.114 e. The average Bonchev–Trinajstić information content (AvgIpc) is 2.70. The third-order valence-electron chi connectivity index (χ3n) is 2.13. The van der Waals surface area contributed by atoms with Crippen LogP contribution in [0.4, 0.5) is 0 Å². The fourth-order valence-electron chi connectivity index (χ4n) is 1.26. The normalized spacial score (nSPS) is 11.1. The summed E-state index contributed by atoms with van der Waals surface area (Å²) in [5.41, 5.74) is 5.80. The van der Waals surface area contributed by atoms with Gasteiger partial charge in [-0.2, -0.15) is 5.26 Å². The second-order valence-corrected chi connectivity index (χ2v) is 5.08. The zero-order chi connectivity index (χ0) is 12.0. The summed E-state index contributed by atoms with van der Waals surface area (Å²) in [5.74, 6) is 0. The van der Waals surface area contributed by atoms with Crippen LogP contribution >= 0.6 is 23.6 Å². The van der Waals surface area contributed by atoms with Gasteiger partial charge in [-0.1, -0.05) is 25.6 Å². The van der Waals surface area contributed by atoms with Crippen molar-refractivity contribution in [1.29, 1.82) is 5.26 Å². The number of hydrogen-bond donors (Lipinski definition) is 1. The quantitative estimate of drug-likeness (QED) is 0.495. The minimum Gasteiger partial charge on any atom is -0.389 e. The molecule has 0 saturated heterocycles. The molecule has 2 nitrogen and oxygen atoms in total. The van der Waals surface area contributed by atoms with Gasteiger partial charge < -0.3 is 5.73 Å². The highest BCUT2D eigenvalue weighted by Crippen LogP contribution is 2.21. The fraction of sp³-hybridized carbons (Fsp3) is 0.333. The maximum absolute atomic E-state index is 8.82. The van der Waals surface area contributed by atoms with Crippen molar-refractivity contribution in [3.8, 4) is 6.07 Å². The van der Waals surface area contributed by atoms with Gasteiger partial charge in [-0.3, -0.25) is 0 Å². The van der Waals surface area contributed by atoms with E-state index >= 15 is 0 Å². The molecule has 0 spiro atoms. The lowest BCUT2D eigenvalue weighted by Crippen LogP contribution is -2.09. The number of nitriles is 1. The maximum Gasteiger partial charge on any atom is 0.114 e. The number of rotatable bonds is 5. The number of thiocarbonyl (C=S) groups is 1. The predicted octanol–water partition coefficient (Wildman–Crippen LogP) is 3.28. The molecule has 0 bridgehead atoms. The van der Waals surface area contributed by atoms with Crippen LogP contribution in [0, 0.1) is 11.3 Å². The molecule has 1 rings (SSSR count). The highest BCUT2D eigenvalue weighted by atomic mass is 32.1. The van der Waals surface area contributed by atoms with Crippen LogP contribution < -0.4 is 5.73 Å². The molecule has 1 aromatic heterocycles. The van der Waals surface area contributed by atoms with Gasteiger partial charge in [0.1, 0.15) is 11.1 Å². The van der Waals surface area contributed by atoms with E-state index in [1.54, 1.807) is 17.4 Å². The van der Waals surface area contributed by atoms with Crippen molar-refractivity contribution >= 4 is 34.6 Å². The Bertz CT molecular complexity index is 438. The molecule has 0 saturated carbocycles. The Hall–Kier alpha value is -1.18. The SMILES string of the molecule is CCCCc1ccc(C=C(C#N)C(N)=S)s1. The van der Waals surface area contributed by atoms with E-state index < -0.39 is 0 Å². The summed E-state index contributed by atoms with van der Waals surface area (Å²) >= 11 is 6.47. The van der Waals surface area contributed by atoms with Gasteiger partial charge in [0, 0.05) is 9.75 Å². The van der Waals surface area contributed by atoms with Gasteiger partial charge in [0.25, 0.3) is 0 Å². The fourth-order valence-corrected chi connectivity index (χ4v) is 2.36. The van der Waals surface area contributed by atoms with E-state index in [-0.39, 0.29) is 4.99 Å². The molecule has 0 aliphatic heterocycles. The molecule has 1 aromatic rings. The first-order valence-electron chi connectivity index (χ1n) is 5.17. The molecule has 16 heavy (non-hydrogen) atoms. The second kappa shape index (κ2) is 6.41. The van der Waals surface area contributed by atoms with E-state index in [2.05, 4.69) is 13.0 Å². The summed E-state index contributed by atoms with van der Waals surface area (Å²) in [6, 6.07) is 6.11. The van der Waals surface area contributed by atoms with Crippen LogP contribution in [0.1, 0.15) is 29.5 Å². The van der Waals surface area contributed by atoms with E-state index in [1.807, 2.05) is 12.1 Å². The Morgan fingerprint density at radius 3 is 2.94 bits per heavy atom. The van der Waals surface area contributed by atoms with Crippen LogP contribution in [0.5, 0.6) is 0 Å². The van der Waals surface area contributed by atoms with Crippen molar-refractivity contribution in [1.82, 2.24) is 0 Å². The standard InChI is InChI=1S/C12H14N2S2/c1-2-3-4-10-5-6-11(16-10)7-9(8-13)12(14)15/h5-7H,2-4H2,1H3,(H2,14,15). The Morgan fingerprint density at radius 1 is 1.62 bits per heavy atom. The van der Waals surface area contributed by atoms with Gasteiger partial charge in [-0.05, 0) is 31.1 Å².